The van der Waals surface area contributed by atoms with E-state index in [1.807, 2.05) is 4.90 Å². The number of hydrogen-bond donors (Lipinski definition) is 0. The average molecular weight is 493 g/mol. The zero-order valence-electron chi connectivity index (χ0n) is 20.4. The number of rotatable bonds is 6. The largest absolute Gasteiger partial charge is 0.444 e. The summed E-state index contributed by atoms with van der Waals surface area (Å²) >= 11 is 0. The Morgan fingerprint density at radius 3 is 2.66 bits per heavy atom. The Morgan fingerprint density at radius 1 is 1.26 bits per heavy atom. The summed E-state index contributed by atoms with van der Waals surface area (Å²) in [6.07, 6.45) is -0.157. The fourth-order valence-corrected chi connectivity index (χ4v) is 4.65. The van der Waals surface area contributed by atoms with Gasteiger partial charge in [-0.3, -0.25) is 14.6 Å². The van der Waals surface area contributed by atoms with Gasteiger partial charge in [-0.1, -0.05) is 0 Å². The van der Waals surface area contributed by atoms with Gasteiger partial charge in [0.15, 0.2) is 0 Å². The third kappa shape index (κ3) is 5.77. The Labute approximate surface area is 204 Å². The van der Waals surface area contributed by atoms with Gasteiger partial charge in [0.2, 0.25) is 6.41 Å². The molecule has 11 heteroatoms. The van der Waals surface area contributed by atoms with E-state index < -0.39 is 35.9 Å². The summed E-state index contributed by atoms with van der Waals surface area (Å²) in [6.45, 7) is 8.42. The summed E-state index contributed by atoms with van der Waals surface area (Å²) in [5.41, 5.74) is 0.210. The average Bonchev–Trinajstić information content (AvgIpc) is 3.43. The molecular formula is C24H33FN4O6. The van der Waals surface area contributed by atoms with Gasteiger partial charge >= 0.3 is 12.2 Å². The van der Waals surface area contributed by atoms with E-state index in [1.165, 1.54) is 20.8 Å². The van der Waals surface area contributed by atoms with Crippen LogP contribution in [0.5, 0.6) is 0 Å². The molecule has 35 heavy (non-hydrogen) atoms. The van der Waals surface area contributed by atoms with Crippen molar-refractivity contribution in [2.75, 3.05) is 55.7 Å². The summed E-state index contributed by atoms with van der Waals surface area (Å²) < 4.78 is 31.1. The number of hydrogen-bond acceptors (Lipinski definition) is 7. The van der Waals surface area contributed by atoms with Crippen LogP contribution in [0, 0.1) is 5.82 Å². The van der Waals surface area contributed by atoms with Gasteiger partial charge in [0.05, 0.1) is 37.7 Å². The molecule has 3 amide bonds. The Morgan fingerprint density at radius 2 is 2.00 bits per heavy atom. The fourth-order valence-electron chi connectivity index (χ4n) is 4.65. The van der Waals surface area contributed by atoms with Gasteiger partial charge in [-0.2, -0.15) is 0 Å². The first-order valence-electron chi connectivity index (χ1n) is 12.0. The maximum atomic E-state index is 14.9. The van der Waals surface area contributed by atoms with Crippen LogP contribution in [-0.4, -0.2) is 92.2 Å². The van der Waals surface area contributed by atoms with E-state index in [2.05, 4.69) is 0 Å². The molecule has 4 rings (SSSR count). The molecule has 0 aromatic heterocycles. The highest BCUT2D eigenvalue weighted by Gasteiger charge is 2.39. The Balaban J connectivity index is 1.40. The molecule has 3 fully saturated rings. The van der Waals surface area contributed by atoms with Crippen molar-refractivity contribution >= 4 is 30.0 Å². The second-order valence-electron chi connectivity index (χ2n) is 9.95. The predicted molar refractivity (Wildman–Crippen MR) is 126 cm³/mol. The summed E-state index contributed by atoms with van der Waals surface area (Å²) in [5, 5.41) is 0. The van der Waals surface area contributed by atoms with Crippen molar-refractivity contribution in [2.24, 2.45) is 0 Å². The first-order chi connectivity index (χ1) is 16.7. The number of morpholine rings is 1. The van der Waals surface area contributed by atoms with Crippen LogP contribution in [0.3, 0.4) is 0 Å². The minimum absolute atomic E-state index is 0.115. The highest BCUT2D eigenvalue weighted by Crippen LogP contribution is 2.29. The van der Waals surface area contributed by atoms with Gasteiger partial charge in [-0.05, 0) is 51.8 Å². The van der Waals surface area contributed by atoms with E-state index in [1.54, 1.807) is 32.9 Å². The van der Waals surface area contributed by atoms with Crippen LogP contribution in [-0.2, 0) is 19.0 Å². The molecular weight excluding hydrogens is 459 g/mol. The van der Waals surface area contributed by atoms with Gasteiger partial charge in [0, 0.05) is 19.6 Å². The van der Waals surface area contributed by atoms with Crippen LogP contribution < -0.4 is 9.80 Å². The lowest BCUT2D eigenvalue weighted by atomic mass is 10.2. The van der Waals surface area contributed by atoms with E-state index in [4.69, 9.17) is 14.2 Å². The number of ether oxygens (including phenoxy) is 3. The SMILES string of the molecule is CC(C)(C)OC(=O)N1CCC[C@H]1N(C=O)CC1CN(c2ccc(N3CCOCC3)c(F)c2)C(=O)O1. The standard InChI is InChI=1S/C24H33FN4O6/c1-24(2,3)35-23(32)28-8-4-5-21(28)27(16-30)14-18-15-29(22(31)34-18)17-6-7-20(19(25)13-17)26-9-11-33-12-10-26/h6-7,13,16,18,21H,4-5,8-12,14-15H2,1-3H3/t18?,21-/m0/s1. The minimum atomic E-state index is -0.648. The molecule has 2 atom stereocenters. The van der Waals surface area contributed by atoms with Crippen molar-refractivity contribution in [1.82, 2.24) is 9.80 Å². The molecule has 0 saturated carbocycles. The summed E-state index contributed by atoms with van der Waals surface area (Å²) in [7, 11) is 0. The Kier molecular flexibility index (Phi) is 7.34. The zero-order valence-corrected chi connectivity index (χ0v) is 20.4. The van der Waals surface area contributed by atoms with Crippen molar-refractivity contribution in [3.05, 3.63) is 24.0 Å². The van der Waals surface area contributed by atoms with Crippen molar-refractivity contribution in [3.63, 3.8) is 0 Å². The van der Waals surface area contributed by atoms with Gasteiger partial charge in [0.25, 0.3) is 0 Å². The topological polar surface area (TPSA) is 91.9 Å². The lowest BCUT2D eigenvalue weighted by Crippen LogP contribution is -2.50. The quantitative estimate of drug-likeness (QED) is 0.564. The smallest absolute Gasteiger partial charge is 0.414 e. The molecule has 10 nitrogen and oxygen atoms in total. The van der Waals surface area contributed by atoms with Crippen LogP contribution in [0.1, 0.15) is 33.6 Å². The maximum Gasteiger partial charge on any atom is 0.414 e. The maximum absolute atomic E-state index is 14.9. The van der Waals surface area contributed by atoms with Crippen molar-refractivity contribution < 1.29 is 33.0 Å². The van der Waals surface area contributed by atoms with Gasteiger partial charge < -0.3 is 24.0 Å². The molecule has 3 aliphatic rings. The number of carbonyl (C=O) groups is 3. The molecule has 3 saturated heterocycles. The van der Waals surface area contributed by atoms with Crippen molar-refractivity contribution in [1.29, 1.82) is 0 Å². The number of nitrogens with zero attached hydrogens (tertiary/aromatic N) is 4. The van der Waals surface area contributed by atoms with E-state index in [9.17, 15) is 18.8 Å². The van der Waals surface area contributed by atoms with Crippen molar-refractivity contribution in [3.8, 4) is 0 Å². The van der Waals surface area contributed by atoms with Crippen LogP contribution in [0.2, 0.25) is 0 Å². The highest BCUT2D eigenvalue weighted by atomic mass is 19.1. The summed E-state index contributed by atoms with van der Waals surface area (Å²) in [4.78, 5) is 43.4. The second kappa shape index (κ2) is 10.3. The number of anilines is 2. The molecule has 1 aromatic rings. The number of cyclic esters (lactones) is 1. The highest BCUT2D eigenvalue weighted by molar-refractivity contribution is 5.90. The first-order valence-corrected chi connectivity index (χ1v) is 12.0. The Bertz CT molecular complexity index is 948. The fraction of sp³-hybridized carbons (Fsp3) is 0.625. The molecule has 1 aromatic carbocycles. The van der Waals surface area contributed by atoms with E-state index in [-0.39, 0.29) is 13.1 Å². The van der Waals surface area contributed by atoms with E-state index in [0.717, 1.165) is 6.42 Å². The molecule has 0 N–H and O–H groups in total. The zero-order chi connectivity index (χ0) is 25.2. The third-order valence-electron chi connectivity index (χ3n) is 6.25. The molecule has 0 radical (unpaired) electrons. The number of carbonyl (C=O) groups excluding carboxylic acids is 3. The lowest BCUT2D eigenvalue weighted by Gasteiger charge is -2.34. The number of benzene rings is 1. The molecule has 3 heterocycles. The number of amides is 3. The lowest BCUT2D eigenvalue weighted by molar-refractivity contribution is -0.124. The van der Waals surface area contributed by atoms with Gasteiger partial charge in [-0.15, -0.1) is 0 Å². The summed E-state index contributed by atoms with van der Waals surface area (Å²) in [5.74, 6) is -0.422. The van der Waals surface area contributed by atoms with Crippen molar-refractivity contribution in [2.45, 2.75) is 51.5 Å². The van der Waals surface area contributed by atoms with Crippen LogP contribution in [0.4, 0.5) is 25.4 Å². The first kappa shape index (κ1) is 25.0. The number of likely N-dealkylation sites (tertiary alicyclic amines) is 1. The molecule has 3 aliphatic heterocycles. The van der Waals surface area contributed by atoms with Crippen LogP contribution in [0.25, 0.3) is 0 Å². The Hall–Kier alpha value is -3.08. The normalized spacial score (nSPS) is 22.9. The molecule has 192 valence electrons. The molecule has 0 bridgehead atoms. The minimum Gasteiger partial charge on any atom is -0.444 e. The van der Waals surface area contributed by atoms with E-state index in [0.29, 0.717) is 57.1 Å². The second-order valence-corrected chi connectivity index (χ2v) is 9.95. The van der Waals surface area contributed by atoms with Gasteiger partial charge in [0.1, 0.15) is 23.7 Å². The molecule has 0 aliphatic carbocycles. The van der Waals surface area contributed by atoms with Crippen LogP contribution in [0.15, 0.2) is 18.2 Å². The molecule has 1 unspecified atom stereocenters. The number of halogens is 1. The molecule has 0 spiro atoms. The third-order valence-corrected chi connectivity index (χ3v) is 6.25. The predicted octanol–water partition coefficient (Wildman–Crippen LogP) is 2.80. The van der Waals surface area contributed by atoms with Gasteiger partial charge in [-0.25, -0.2) is 14.0 Å². The van der Waals surface area contributed by atoms with Crippen LogP contribution >= 0.6 is 0 Å². The van der Waals surface area contributed by atoms with E-state index >= 15 is 0 Å². The monoisotopic (exact) mass is 492 g/mol. The summed E-state index contributed by atoms with van der Waals surface area (Å²) in [6, 6.07) is 4.68.